The summed E-state index contributed by atoms with van der Waals surface area (Å²) in [6.07, 6.45) is -8.32. The lowest BCUT2D eigenvalue weighted by atomic mass is 10.00. The highest BCUT2D eigenvalue weighted by atomic mass is 19.4. The van der Waals surface area contributed by atoms with E-state index in [4.69, 9.17) is 4.42 Å². The first kappa shape index (κ1) is 29.8. The second-order valence-corrected chi connectivity index (χ2v) is 9.99. The van der Waals surface area contributed by atoms with E-state index >= 15 is 0 Å². The van der Waals surface area contributed by atoms with Gasteiger partial charge in [0.1, 0.15) is 12.3 Å². The largest absolute Gasteiger partial charge is 0.467 e. The Morgan fingerprint density at radius 3 is 1.90 bits per heavy atom. The Morgan fingerprint density at radius 2 is 1.41 bits per heavy atom. The molecule has 11 heteroatoms. The number of nitrogens with zero attached hydrogens (tertiary/aromatic N) is 2. The Labute approximate surface area is 222 Å². The second-order valence-electron chi connectivity index (χ2n) is 9.99. The van der Waals surface area contributed by atoms with Crippen LogP contribution in [0.5, 0.6) is 0 Å². The number of rotatable bonds is 8. The maximum absolute atomic E-state index is 13.5. The van der Waals surface area contributed by atoms with Gasteiger partial charge in [0.2, 0.25) is 5.91 Å². The molecule has 0 saturated carbocycles. The summed E-state index contributed by atoms with van der Waals surface area (Å²) in [5.41, 5.74) is -4.20. The first-order chi connectivity index (χ1) is 18.1. The zero-order valence-electron chi connectivity index (χ0n) is 21.6. The molecule has 0 saturated heterocycles. The van der Waals surface area contributed by atoms with E-state index in [1.807, 2.05) is 30.3 Å². The average Bonchev–Trinajstić information content (AvgIpc) is 3.36. The number of amides is 2. The quantitative estimate of drug-likeness (QED) is 0.287. The van der Waals surface area contributed by atoms with Crippen LogP contribution in [0, 0.1) is 0 Å². The monoisotopic (exact) mass is 554 g/mol. The molecule has 0 atom stereocenters. The third-order valence-electron chi connectivity index (χ3n) is 5.98. The summed E-state index contributed by atoms with van der Waals surface area (Å²) in [4.78, 5) is 29.3. The normalized spacial score (nSPS) is 12.3. The van der Waals surface area contributed by atoms with E-state index in [0.29, 0.717) is 24.3 Å². The molecule has 0 aliphatic heterocycles. The molecule has 0 aliphatic rings. The number of hydrogen-bond donors (Lipinski definition) is 0. The van der Waals surface area contributed by atoms with Crippen LogP contribution >= 0.6 is 0 Å². The summed E-state index contributed by atoms with van der Waals surface area (Å²) >= 11 is 0. The standard InChI is InChI=1S/C28H28F6N2O3/c1-26(2,3)36(25(38)20-14-21(27(29,30)31)16-22(15-20)28(32,33)34)18-24(37)35(17-23-10-7-13-39-23)12-11-19-8-5-4-6-9-19/h4-10,13-16H,11-12,17-18H2,1-3H3. The van der Waals surface area contributed by atoms with Crippen LogP contribution in [0.15, 0.2) is 71.3 Å². The zero-order valence-corrected chi connectivity index (χ0v) is 21.6. The first-order valence-corrected chi connectivity index (χ1v) is 12.0. The van der Waals surface area contributed by atoms with Crippen molar-refractivity contribution in [2.24, 2.45) is 0 Å². The van der Waals surface area contributed by atoms with Crippen LogP contribution in [-0.2, 0) is 30.1 Å². The fourth-order valence-corrected chi connectivity index (χ4v) is 3.87. The van der Waals surface area contributed by atoms with Gasteiger partial charge in [-0.25, -0.2) is 0 Å². The fourth-order valence-electron chi connectivity index (χ4n) is 3.87. The van der Waals surface area contributed by atoms with Crippen LogP contribution in [0.2, 0.25) is 0 Å². The van der Waals surface area contributed by atoms with Gasteiger partial charge in [-0.1, -0.05) is 30.3 Å². The van der Waals surface area contributed by atoms with Crippen LogP contribution in [-0.4, -0.2) is 40.2 Å². The minimum Gasteiger partial charge on any atom is -0.467 e. The van der Waals surface area contributed by atoms with Crippen molar-refractivity contribution in [3.63, 3.8) is 0 Å². The molecule has 0 radical (unpaired) electrons. The number of carbonyl (C=O) groups is 2. The predicted molar refractivity (Wildman–Crippen MR) is 132 cm³/mol. The SMILES string of the molecule is CC(C)(C)N(CC(=O)N(CCc1ccccc1)Cc1ccco1)C(=O)c1cc(C(F)(F)F)cc(C(F)(F)F)c1. The molecule has 2 aromatic carbocycles. The topological polar surface area (TPSA) is 53.8 Å². The van der Waals surface area contributed by atoms with E-state index in [1.165, 1.54) is 31.9 Å². The lowest BCUT2D eigenvalue weighted by Crippen LogP contribution is -2.51. The Kier molecular flexibility index (Phi) is 8.82. The van der Waals surface area contributed by atoms with Crippen molar-refractivity contribution in [2.75, 3.05) is 13.1 Å². The van der Waals surface area contributed by atoms with Crippen molar-refractivity contribution >= 4 is 11.8 Å². The summed E-state index contributed by atoms with van der Waals surface area (Å²) in [5, 5.41) is 0. The van der Waals surface area contributed by atoms with Crippen LogP contribution in [0.25, 0.3) is 0 Å². The summed E-state index contributed by atoms with van der Waals surface area (Å²) in [6.45, 7) is 4.34. The van der Waals surface area contributed by atoms with Gasteiger partial charge in [0, 0.05) is 17.6 Å². The van der Waals surface area contributed by atoms with Gasteiger partial charge < -0.3 is 14.2 Å². The summed E-state index contributed by atoms with van der Waals surface area (Å²) in [6, 6.07) is 13.3. The van der Waals surface area contributed by atoms with Gasteiger partial charge in [-0.2, -0.15) is 26.3 Å². The predicted octanol–water partition coefficient (Wildman–Crippen LogP) is 6.83. The molecule has 1 aromatic heterocycles. The molecular formula is C28H28F6N2O3. The average molecular weight is 555 g/mol. The van der Waals surface area contributed by atoms with Gasteiger partial charge >= 0.3 is 12.4 Å². The summed E-state index contributed by atoms with van der Waals surface area (Å²) in [7, 11) is 0. The molecule has 39 heavy (non-hydrogen) atoms. The highest BCUT2D eigenvalue weighted by Gasteiger charge is 2.39. The molecule has 0 fully saturated rings. The number of alkyl halides is 6. The molecule has 0 aliphatic carbocycles. The Morgan fingerprint density at radius 1 is 0.821 bits per heavy atom. The van der Waals surface area contributed by atoms with Crippen molar-refractivity contribution in [1.29, 1.82) is 0 Å². The van der Waals surface area contributed by atoms with Gasteiger partial charge in [0.05, 0.1) is 23.9 Å². The lowest BCUT2D eigenvalue weighted by molar-refractivity contribution is -0.143. The van der Waals surface area contributed by atoms with Crippen LogP contribution in [0.3, 0.4) is 0 Å². The van der Waals surface area contributed by atoms with E-state index in [0.717, 1.165) is 10.5 Å². The highest BCUT2D eigenvalue weighted by molar-refractivity contribution is 5.97. The van der Waals surface area contributed by atoms with Crippen LogP contribution in [0.4, 0.5) is 26.3 Å². The van der Waals surface area contributed by atoms with Gasteiger partial charge in [-0.15, -0.1) is 0 Å². The van der Waals surface area contributed by atoms with Crippen molar-refractivity contribution < 1.29 is 40.3 Å². The van der Waals surface area contributed by atoms with Crippen LogP contribution in [0.1, 0.15) is 53.6 Å². The van der Waals surface area contributed by atoms with Crippen molar-refractivity contribution in [3.05, 3.63) is 94.9 Å². The van der Waals surface area contributed by atoms with Crippen molar-refractivity contribution in [2.45, 2.75) is 51.6 Å². The van der Waals surface area contributed by atoms with Gasteiger partial charge in [-0.3, -0.25) is 9.59 Å². The van der Waals surface area contributed by atoms with E-state index < -0.39 is 52.9 Å². The molecule has 0 bridgehead atoms. The Hall–Kier alpha value is -3.76. The molecule has 5 nitrogen and oxygen atoms in total. The lowest BCUT2D eigenvalue weighted by Gasteiger charge is -2.37. The maximum Gasteiger partial charge on any atom is 0.416 e. The Balaban J connectivity index is 1.93. The minimum absolute atomic E-state index is 0.0436. The van der Waals surface area contributed by atoms with E-state index in [1.54, 1.807) is 12.1 Å². The third kappa shape index (κ3) is 8.11. The van der Waals surface area contributed by atoms with E-state index in [9.17, 15) is 35.9 Å². The second kappa shape index (κ2) is 11.5. The summed E-state index contributed by atoms with van der Waals surface area (Å²) < 4.78 is 85.7. The molecular weight excluding hydrogens is 526 g/mol. The number of halogens is 6. The summed E-state index contributed by atoms with van der Waals surface area (Å²) in [5.74, 6) is -1.21. The van der Waals surface area contributed by atoms with Gasteiger partial charge in [0.15, 0.2) is 0 Å². The first-order valence-electron chi connectivity index (χ1n) is 12.0. The maximum atomic E-state index is 13.5. The minimum atomic E-state index is -5.12. The van der Waals surface area contributed by atoms with Crippen LogP contribution < -0.4 is 0 Å². The molecule has 2 amide bonds. The Bertz CT molecular complexity index is 1230. The molecule has 1 heterocycles. The number of carbonyl (C=O) groups excluding carboxylic acids is 2. The van der Waals surface area contributed by atoms with Gasteiger partial charge in [-0.05, 0) is 63.1 Å². The molecule has 0 unspecified atom stereocenters. The van der Waals surface area contributed by atoms with Gasteiger partial charge in [0.25, 0.3) is 5.91 Å². The number of benzene rings is 2. The molecule has 3 rings (SSSR count). The van der Waals surface area contributed by atoms with E-state index in [2.05, 4.69) is 0 Å². The molecule has 0 N–H and O–H groups in total. The van der Waals surface area contributed by atoms with E-state index in [-0.39, 0.29) is 19.2 Å². The fraction of sp³-hybridized carbons (Fsp3) is 0.357. The van der Waals surface area contributed by atoms with Crippen molar-refractivity contribution in [1.82, 2.24) is 9.80 Å². The third-order valence-corrected chi connectivity index (χ3v) is 5.98. The van der Waals surface area contributed by atoms with Crippen molar-refractivity contribution in [3.8, 4) is 0 Å². The molecule has 3 aromatic rings. The molecule has 210 valence electrons. The molecule has 0 spiro atoms. The number of hydrogen-bond acceptors (Lipinski definition) is 3. The highest BCUT2D eigenvalue weighted by Crippen LogP contribution is 2.37. The zero-order chi connectivity index (χ0) is 29.0. The smallest absolute Gasteiger partial charge is 0.416 e. The number of furan rings is 1.